The van der Waals surface area contributed by atoms with Crippen LogP contribution in [0.25, 0.3) is 0 Å². The SMILES string of the molecule is COc1ccc(/C(C)=N/NC(=O)c2cc(Br)ccc2OC)cc1. The summed E-state index contributed by atoms with van der Waals surface area (Å²) in [6, 6.07) is 12.7. The summed E-state index contributed by atoms with van der Waals surface area (Å²) in [4.78, 5) is 12.3. The Balaban J connectivity index is 2.15. The second kappa shape index (κ2) is 7.78. The molecule has 6 heteroatoms. The van der Waals surface area contributed by atoms with Crippen molar-refractivity contribution in [3.63, 3.8) is 0 Å². The number of nitrogens with one attached hydrogen (secondary N) is 1. The first kappa shape index (κ1) is 17.0. The average Bonchev–Trinajstić information content (AvgIpc) is 2.59. The van der Waals surface area contributed by atoms with Crippen molar-refractivity contribution in [3.8, 4) is 11.5 Å². The van der Waals surface area contributed by atoms with Crippen molar-refractivity contribution >= 4 is 27.5 Å². The monoisotopic (exact) mass is 376 g/mol. The molecule has 2 rings (SSSR count). The van der Waals surface area contributed by atoms with Gasteiger partial charge in [-0.15, -0.1) is 0 Å². The second-order valence-electron chi connectivity index (χ2n) is 4.71. The van der Waals surface area contributed by atoms with Gasteiger partial charge in [0, 0.05) is 4.47 Å². The molecule has 0 radical (unpaired) electrons. The topological polar surface area (TPSA) is 59.9 Å². The molecule has 0 aliphatic carbocycles. The largest absolute Gasteiger partial charge is 0.497 e. The Morgan fingerprint density at radius 3 is 2.39 bits per heavy atom. The van der Waals surface area contributed by atoms with Crippen molar-refractivity contribution in [2.75, 3.05) is 14.2 Å². The lowest BCUT2D eigenvalue weighted by molar-refractivity contribution is 0.0951. The maximum atomic E-state index is 12.3. The molecule has 1 amide bonds. The number of hydrogen-bond acceptors (Lipinski definition) is 4. The summed E-state index contributed by atoms with van der Waals surface area (Å²) in [5.41, 5.74) is 4.54. The first-order valence-electron chi connectivity index (χ1n) is 6.87. The number of hydrazone groups is 1. The van der Waals surface area contributed by atoms with Gasteiger partial charge in [-0.3, -0.25) is 4.79 Å². The van der Waals surface area contributed by atoms with Gasteiger partial charge in [-0.1, -0.05) is 15.9 Å². The Morgan fingerprint density at radius 1 is 1.09 bits per heavy atom. The van der Waals surface area contributed by atoms with Crippen molar-refractivity contribution < 1.29 is 14.3 Å². The van der Waals surface area contributed by atoms with E-state index < -0.39 is 0 Å². The molecule has 0 saturated carbocycles. The zero-order valence-corrected chi connectivity index (χ0v) is 14.7. The standard InChI is InChI=1S/C17H17BrN2O3/c1-11(12-4-7-14(22-2)8-5-12)19-20-17(21)15-10-13(18)6-9-16(15)23-3/h4-10H,1-3H3,(H,20,21)/b19-11+. The van der Waals surface area contributed by atoms with Crippen LogP contribution in [0.4, 0.5) is 0 Å². The first-order chi connectivity index (χ1) is 11.0. The summed E-state index contributed by atoms with van der Waals surface area (Å²) in [7, 11) is 3.13. The molecule has 2 aromatic carbocycles. The minimum Gasteiger partial charge on any atom is -0.497 e. The van der Waals surface area contributed by atoms with Gasteiger partial charge in [0.15, 0.2) is 0 Å². The number of nitrogens with zero attached hydrogens (tertiary/aromatic N) is 1. The van der Waals surface area contributed by atoms with Gasteiger partial charge in [0.05, 0.1) is 25.5 Å². The summed E-state index contributed by atoms with van der Waals surface area (Å²) in [6.45, 7) is 1.82. The molecule has 1 N–H and O–H groups in total. The van der Waals surface area contributed by atoms with E-state index >= 15 is 0 Å². The van der Waals surface area contributed by atoms with Crippen molar-refractivity contribution in [2.24, 2.45) is 5.10 Å². The molecule has 0 aliphatic rings. The maximum Gasteiger partial charge on any atom is 0.275 e. The highest BCUT2D eigenvalue weighted by molar-refractivity contribution is 9.10. The van der Waals surface area contributed by atoms with Gasteiger partial charge in [0.25, 0.3) is 5.91 Å². The lowest BCUT2D eigenvalue weighted by atomic mass is 10.1. The summed E-state index contributed by atoms with van der Waals surface area (Å²) in [5.74, 6) is 0.920. The van der Waals surface area contributed by atoms with E-state index in [2.05, 4.69) is 26.5 Å². The van der Waals surface area contributed by atoms with Crippen molar-refractivity contribution in [2.45, 2.75) is 6.92 Å². The van der Waals surface area contributed by atoms with Gasteiger partial charge in [0.1, 0.15) is 11.5 Å². The van der Waals surface area contributed by atoms with Gasteiger partial charge in [-0.2, -0.15) is 5.10 Å². The quantitative estimate of drug-likeness (QED) is 0.640. The van der Waals surface area contributed by atoms with E-state index in [1.807, 2.05) is 37.3 Å². The van der Waals surface area contributed by atoms with E-state index in [0.717, 1.165) is 15.8 Å². The Bertz CT molecular complexity index is 727. The summed E-state index contributed by atoms with van der Waals surface area (Å²) in [6.07, 6.45) is 0. The molecular formula is C17H17BrN2O3. The number of hydrogen-bond donors (Lipinski definition) is 1. The molecule has 0 atom stereocenters. The Kier molecular flexibility index (Phi) is 5.76. The highest BCUT2D eigenvalue weighted by Gasteiger charge is 2.12. The van der Waals surface area contributed by atoms with Crippen LogP contribution in [0.5, 0.6) is 11.5 Å². The van der Waals surface area contributed by atoms with Crippen molar-refractivity contribution in [1.29, 1.82) is 0 Å². The van der Waals surface area contributed by atoms with Crippen molar-refractivity contribution in [1.82, 2.24) is 5.43 Å². The molecule has 2 aromatic rings. The fraction of sp³-hybridized carbons (Fsp3) is 0.176. The number of carbonyl (C=O) groups is 1. The van der Waals surface area contributed by atoms with Crippen LogP contribution in [0, 0.1) is 0 Å². The Hall–Kier alpha value is -2.34. The number of halogens is 1. The van der Waals surface area contributed by atoms with Crippen LogP contribution in [0.2, 0.25) is 0 Å². The molecule has 0 aliphatic heterocycles. The van der Waals surface area contributed by atoms with Crippen LogP contribution < -0.4 is 14.9 Å². The van der Waals surface area contributed by atoms with E-state index in [1.165, 1.54) is 7.11 Å². The van der Waals surface area contributed by atoms with Gasteiger partial charge in [-0.25, -0.2) is 5.43 Å². The fourth-order valence-corrected chi connectivity index (χ4v) is 2.31. The highest BCUT2D eigenvalue weighted by Crippen LogP contribution is 2.22. The Morgan fingerprint density at radius 2 is 1.78 bits per heavy atom. The molecule has 120 valence electrons. The van der Waals surface area contributed by atoms with Gasteiger partial charge in [0.2, 0.25) is 0 Å². The van der Waals surface area contributed by atoms with Crippen LogP contribution in [-0.4, -0.2) is 25.8 Å². The van der Waals surface area contributed by atoms with Crippen LogP contribution in [-0.2, 0) is 0 Å². The van der Waals surface area contributed by atoms with Gasteiger partial charge in [-0.05, 0) is 55.0 Å². The van der Waals surface area contributed by atoms with Crippen LogP contribution >= 0.6 is 15.9 Å². The third-order valence-electron chi connectivity index (χ3n) is 3.24. The second-order valence-corrected chi connectivity index (χ2v) is 5.63. The predicted molar refractivity (Wildman–Crippen MR) is 93.4 cm³/mol. The van der Waals surface area contributed by atoms with E-state index in [4.69, 9.17) is 9.47 Å². The van der Waals surface area contributed by atoms with Crippen LogP contribution in [0.1, 0.15) is 22.8 Å². The molecule has 0 bridgehead atoms. The summed E-state index contributed by atoms with van der Waals surface area (Å²) < 4.78 is 11.1. The van der Waals surface area contributed by atoms with E-state index in [0.29, 0.717) is 17.0 Å². The lowest BCUT2D eigenvalue weighted by Gasteiger charge is -2.08. The number of methoxy groups -OCH3 is 2. The average molecular weight is 377 g/mol. The molecule has 0 fully saturated rings. The predicted octanol–water partition coefficient (Wildman–Crippen LogP) is 3.62. The number of benzene rings is 2. The lowest BCUT2D eigenvalue weighted by Crippen LogP contribution is -2.20. The number of ether oxygens (including phenoxy) is 2. The Labute approximate surface area is 143 Å². The number of rotatable bonds is 5. The molecule has 5 nitrogen and oxygen atoms in total. The van der Waals surface area contributed by atoms with Crippen LogP contribution in [0.3, 0.4) is 0 Å². The minimum absolute atomic E-state index is 0.337. The first-order valence-corrected chi connectivity index (χ1v) is 7.67. The molecule has 0 unspecified atom stereocenters. The summed E-state index contributed by atoms with van der Waals surface area (Å²) >= 11 is 3.34. The third-order valence-corrected chi connectivity index (χ3v) is 3.73. The molecule has 0 aromatic heterocycles. The summed E-state index contributed by atoms with van der Waals surface area (Å²) in [5, 5.41) is 4.14. The zero-order chi connectivity index (χ0) is 16.8. The van der Waals surface area contributed by atoms with Crippen molar-refractivity contribution in [3.05, 3.63) is 58.1 Å². The minimum atomic E-state index is -0.337. The molecular weight excluding hydrogens is 360 g/mol. The molecule has 0 saturated heterocycles. The molecule has 0 spiro atoms. The normalized spacial score (nSPS) is 11.0. The number of carbonyl (C=O) groups excluding carboxylic acids is 1. The smallest absolute Gasteiger partial charge is 0.275 e. The van der Waals surface area contributed by atoms with E-state index in [1.54, 1.807) is 19.2 Å². The van der Waals surface area contributed by atoms with E-state index in [-0.39, 0.29) is 5.91 Å². The van der Waals surface area contributed by atoms with E-state index in [9.17, 15) is 4.79 Å². The molecule has 0 heterocycles. The van der Waals surface area contributed by atoms with Gasteiger partial charge < -0.3 is 9.47 Å². The van der Waals surface area contributed by atoms with Gasteiger partial charge >= 0.3 is 0 Å². The zero-order valence-electron chi connectivity index (χ0n) is 13.1. The number of amides is 1. The molecule has 23 heavy (non-hydrogen) atoms. The third kappa shape index (κ3) is 4.32. The maximum absolute atomic E-state index is 12.3. The fourth-order valence-electron chi connectivity index (χ4n) is 1.95. The highest BCUT2D eigenvalue weighted by atomic mass is 79.9. The van der Waals surface area contributed by atoms with Crippen LogP contribution in [0.15, 0.2) is 52.0 Å².